The number of carbonyl (C=O) groups excluding carboxylic acids is 1. The molecular formula is C9H16O4. The minimum atomic E-state index is -0.711. The SMILES string of the molecule is C=COC(=O)OCCCCCCO. The minimum Gasteiger partial charge on any atom is -0.434 e. The summed E-state index contributed by atoms with van der Waals surface area (Å²) in [5.41, 5.74) is 0. The van der Waals surface area contributed by atoms with E-state index >= 15 is 0 Å². The number of hydrogen-bond acceptors (Lipinski definition) is 4. The highest BCUT2D eigenvalue weighted by atomic mass is 16.7. The Balaban J connectivity index is 3.06. The van der Waals surface area contributed by atoms with Crippen LogP contribution in [-0.4, -0.2) is 24.5 Å². The first-order valence-corrected chi connectivity index (χ1v) is 4.36. The Kier molecular flexibility index (Phi) is 8.34. The first kappa shape index (κ1) is 12.0. The van der Waals surface area contributed by atoms with Gasteiger partial charge in [-0.15, -0.1) is 0 Å². The third-order valence-electron chi connectivity index (χ3n) is 1.45. The van der Waals surface area contributed by atoms with Gasteiger partial charge in [-0.2, -0.15) is 0 Å². The van der Waals surface area contributed by atoms with E-state index in [0.717, 1.165) is 31.9 Å². The van der Waals surface area contributed by atoms with Crippen molar-refractivity contribution < 1.29 is 19.4 Å². The van der Waals surface area contributed by atoms with Crippen LogP contribution in [0.25, 0.3) is 0 Å². The van der Waals surface area contributed by atoms with Gasteiger partial charge in [0, 0.05) is 6.61 Å². The molecule has 0 bridgehead atoms. The van der Waals surface area contributed by atoms with Gasteiger partial charge in [0.15, 0.2) is 0 Å². The van der Waals surface area contributed by atoms with Crippen LogP contribution in [0.4, 0.5) is 4.79 Å². The van der Waals surface area contributed by atoms with Crippen LogP contribution in [-0.2, 0) is 9.47 Å². The Morgan fingerprint density at radius 3 is 2.62 bits per heavy atom. The first-order chi connectivity index (χ1) is 6.31. The molecule has 13 heavy (non-hydrogen) atoms. The van der Waals surface area contributed by atoms with E-state index in [4.69, 9.17) is 5.11 Å². The highest BCUT2D eigenvalue weighted by Crippen LogP contribution is 1.99. The quantitative estimate of drug-likeness (QED) is 0.376. The minimum absolute atomic E-state index is 0.222. The number of carbonyl (C=O) groups is 1. The summed E-state index contributed by atoms with van der Waals surface area (Å²) < 4.78 is 9.00. The summed E-state index contributed by atoms with van der Waals surface area (Å²) in [4.78, 5) is 10.6. The zero-order valence-corrected chi connectivity index (χ0v) is 7.70. The fourth-order valence-electron chi connectivity index (χ4n) is 0.825. The molecule has 0 rings (SSSR count). The molecule has 0 unspecified atom stereocenters. The van der Waals surface area contributed by atoms with Crippen LogP contribution in [0.15, 0.2) is 12.8 Å². The Hall–Kier alpha value is -1.03. The summed E-state index contributed by atoms with van der Waals surface area (Å²) in [6, 6.07) is 0. The van der Waals surface area contributed by atoms with Crippen molar-refractivity contribution in [2.75, 3.05) is 13.2 Å². The molecule has 0 aliphatic rings. The molecule has 76 valence electrons. The van der Waals surface area contributed by atoms with Crippen molar-refractivity contribution in [1.29, 1.82) is 0 Å². The van der Waals surface area contributed by atoms with Crippen molar-refractivity contribution in [3.63, 3.8) is 0 Å². The van der Waals surface area contributed by atoms with Crippen LogP contribution in [0, 0.1) is 0 Å². The van der Waals surface area contributed by atoms with Crippen molar-refractivity contribution in [2.45, 2.75) is 25.7 Å². The van der Waals surface area contributed by atoms with Crippen LogP contribution in [0.5, 0.6) is 0 Å². The summed E-state index contributed by atoms with van der Waals surface area (Å²) in [6.07, 6.45) is 3.83. The topological polar surface area (TPSA) is 55.8 Å². The molecule has 0 radical (unpaired) electrons. The summed E-state index contributed by atoms with van der Waals surface area (Å²) in [7, 11) is 0. The molecule has 0 aliphatic carbocycles. The molecule has 0 aromatic rings. The van der Waals surface area contributed by atoms with Crippen molar-refractivity contribution in [2.24, 2.45) is 0 Å². The van der Waals surface area contributed by atoms with Crippen LogP contribution in [0.2, 0.25) is 0 Å². The summed E-state index contributed by atoms with van der Waals surface area (Å²) >= 11 is 0. The van der Waals surface area contributed by atoms with Crippen molar-refractivity contribution in [3.05, 3.63) is 12.8 Å². The Morgan fingerprint density at radius 2 is 2.00 bits per heavy atom. The summed E-state index contributed by atoms with van der Waals surface area (Å²) in [6.45, 7) is 3.80. The zero-order valence-electron chi connectivity index (χ0n) is 7.70. The molecule has 0 saturated carbocycles. The van der Waals surface area contributed by atoms with Gasteiger partial charge in [-0.3, -0.25) is 0 Å². The predicted molar refractivity (Wildman–Crippen MR) is 48.2 cm³/mol. The maximum atomic E-state index is 10.6. The van der Waals surface area contributed by atoms with E-state index in [1.807, 2.05) is 0 Å². The standard InChI is InChI=1S/C9H16O4/c1-2-12-9(11)13-8-6-4-3-5-7-10/h2,10H,1,3-8H2. The molecule has 0 heterocycles. The van der Waals surface area contributed by atoms with E-state index < -0.39 is 6.16 Å². The normalized spacial score (nSPS) is 9.31. The molecule has 4 nitrogen and oxygen atoms in total. The van der Waals surface area contributed by atoms with Crippen LogP contribution < -0.4 is 0 Å². The van der Waals surface area contributed by atoms with Crippen molar-refractivity contribution in [3.8, 4) is 0 Å². The van der Waals surface area contributed by atoms with Crippen molar-refractivity contribution >= 4 is 6.16 Å². The number of aliphatic hydroxyl groups excluding tert-OH is 1. The molecular weight excluding hydrogens is 172 g/mol. The molecule has 0 spiro atoms. The van der Waals surface area contributed by atoms with E-state index in [-0.39, 0.29) is 6.61 Å². The smallest absolute Gasteiger partial charge is 0.434 e. The van der Waals surface area contributed by atoms with Gasteiger partial charge in [0.25, 0.3) is 0 Å². The lowest BCUT2D eigenvalue weighted by atomic mass is 10.2. The third kappa shape index (κ3) is 8.88. The lowest BCUT2D eigenvalue weighted by Crippen LogP contribution is -2.04. The molecule has 0 aliphatic heterocycles. The summed E-state index contributed by atoms with van der Waals surface area (Å²) in [5, 5.41) is 8.46. The monoisotopic (exact) mass is 188 g/mol. The second-order valence-corrected chi connectivity index (χ2v) is 2.52. The maximum absolute atomic E-state index is 10.6. The second kappa shape index (κ2) is 9.06. The molecule has 4 heteroatoms. The fraction of sp³-hybridized carbons (Fsp3) is 0.667. The Morgan fingerprint density at radius 1 is 1.31 bits per heavy atom. The van der Waals surface area contributed by atoms with E-state index in [0.29, 0.717) is 6.61 Å². The number of ether oxygens (including phenoxy) is 2. The van der Waals surface area contributed by atoms with Crippen LogP contribution >= 0.6 is 0 Å². The molecule has 0 atom stereocenters. The van der Waals surface area contributed by atoms with Gasteiger partial charge >= 0.3 is 6.16 Å². The number of unbranched alkanes of at least 4 members (excludes halogenated alkanes) is 3. The van der Waals surface area contributed by atoms with Gasteiger partial charge in [-0.25, -0.2) is 4.79 Å². The van der Waals surface area contributed by atoms with E-state index in [2.05, 4.69) is 16.1 Å². The lowest BCUT2D eigenvalue weighted by molar-refractivity contribution is 0.0832. The van der Waals surface area contributed by atoms with Gasteiger partial charge in [-0.05, 0) is 19.3 Å². The van der Waals surface area contributed by atoms with Gasteiger partial charge in [0.1, 0.15) is 0 Å². The number of aliphatic hydroxyl groups is 1. The molecule has 0 aromatic heterocycles. The second-order valence-electron chi connectivity index (χ2n) is 2.52. The van der Waals surface area contributed by atoms with Gasteiger partial charge in [-0.1, -0.05) is 13.0 Å². The lowest BCUT2D eigenvalue weighted by Gasteiger charge is -2.02. The van der Waals surface area contributed by atoms with Crippen LogP contribution in [0.1, 0.15) is 25.7 Å². The number of hydrogen-bond donors (Lipinski definition) is 1. The first-order valence-electron chi connectivity index (χ1n) is 4.36. The zero-order chi connectivity index (χ0) is 9.94. The average Bonchev–Trinajstić information content (AvgIpc) is 2.11. The third-order valence-corrected chi connectivity index (χ3v) is 1.45. The fourth-order valence-corrected chi connectivity index (χ4v) is 0.825. The molecule has 0 amide bonds. The molecule has 0 saturated heterocycles. The van der Waals surface area contributed by atoms with Gasteiger partial charge in [0.05, 0.1) is 12.9 Å². The van der Waals surface area contributed by atoms with Crippen molar-refractivity contribution in [1.82, 2.24) is 0 Å². The Bertz CT molecular complexity index is 145. The predicted octanol–water partition coefficient (Wildman–Crippen LogP) is 1.84. The molecule has 1 N–H and O–H groups in total. The maximum Gasteiger partial charge on any atom is 0.513 e. The van der Waals surface area contributed by atoms with E-state index in [1.165, 1.54) is 0 Å². The highest BCUT2D eigenvalue weighted by Gasteiger charge is 1.99. The van der Waals surface area contributed by atoms with E-state index in [1.54, 1.807) is 0 Å². The molecule has 0 aromatic carbocycles. The Labute approximate surface area is 78.2 Å². The van der Waals surface area contributed by atoms with Gasteiger partial charge < -0.3 is 14.6 Å². The number of rotatable bonds is 7. The van der Waals surface area contributed by atoms with Gasteiger partial charge in [0.2, 0.25) is 0 Å². The average molecular weight is 188 g/mol. The van der Waals surface area contributed by atoms with Crippen LogP contribution in [0.3, 0.4) is 0 Å². The largest absolute Gasteiger partial charge is 0.513 e. The van der Waals surface area contributed by atoms with E-state index in [9.17, 15) is 4.79 Å². The summed E-state index contributed by atoms with van der Waals surface area (Å²) in [5.74, 6) is 0. The molecule has 0 fully saturated rings. The highest BCUT2D eigenvalue weighted by molar-refractivity contribution is 5.60.